The molecule has 1 saturated carbocycles. The molecule has 2 atom stereocenters. The number of aromatic nitrogens is 4. The van der Waals surface area contributed by atoms with E-state index in [0.717, 1.165) is 11.8 Å². The van der Waals surface area contributed by atoms with Crippen molar-refractivity contribution in [1.29, 1.82) is 0 Å². The lowest BCUT2D eigenvalue weighted by atomic mass is 9.83. The van der Waals surface area contributed by atoms with Gasteiger partial charge in [-0.25, -0.2) is 4.68 Å². The summed E-state index contributed by atoms with van der Waals surface area (Å²) in [6.07, 6.45) is 3.66. The maximum atomic E-state index is 11.3. The van der Waals surface area contributed by atoms with E-state index in [9.17, 15) is 4.79 Å². The van der Waals surface area contributed by atoms with Crippen LogP contribution in [0.2, 0.25) is 0 Å². The van der Waals surface area contributed by atoms with Crippen LogP contribution in [-0.4, -0.2) is 38.5 Å². The molecule has 0 aliphatic heterocycles. The van der Waals surface area contributed by atoms with E-state index in [-0.39, 0.29) is 12.5 Å². The predicted molar refractivity (Wildman–Crippen MR) is 71.7 cm³/mol. The zero-order valence-electron chi connectivity index (χ0n) is 11.6. The number of nitrogens with zero attached hydrogens (tertiary/aromatic N) is 4. The van der Waals surface area contributed by atoms with Gasteiger partial charge in [0.2, 0.25) is 5.16 Å². The number of carbonyl (C=O) groups excluding carboxylic acids is 1. The number of carbonyl (C=O) groups is 1. The Morgan fingerprint density at radius 2 is 2.05 bits per heavy atom. The molecule has 0 N–H and O–H groups in total. The van der Waals surface area contributed by atoms with Crippen molar-refractivity contribution in [2.24, 2.45) is 11.8 Å². The molecule has 0 bridgehead atoms. The van der Waals surface area contributed by atoms with Crippen LogP contribution in [0.3, 0.4) is 0 Å². The first kappa shape index (κ1) is 14.3. The summed E-state index contributed by atoms with van der Waals surface area (Å²) in [6.45, 7) is 4.66. The minimum absolute atomic E-state index is 0.0731. The van der Waals surface area contributed by atoms with Crippen molar-refractivity contribution in [3.05, 3.63) is 0 Å². The lowest BCUT2D eigenvalue weighted by molar-refractivity contribution is -0.141. The van der Waals surface area contributed by atoms with Gasteiger partial charge in [-0.15, -0.1) is 5.10 Å². The van der Waals surface area contributed by atoms with Crippen molar-refractivity contribution in [3.63, 3.8) is 0 Å². The molecule has 1 aromatic heterocycles. The topological polar surface area (TPSA) is 69.9 Å². The fraction of sp³-hybridized carbons (Fsp3) is 0.833. The van der Waals surface area contributed by atoms with E-state index in [0.29, 0.717) is 10.4 Å². The molecule has 6 nitrogen and oxygen atoms in total. The average molecular weight is 284 g/mol. The maximum absolute atomic E-state index is 11.3. The summed E-state index contributed by atoms with van der Waals surface area (Å²) in [5.41, 5.74) is 0. The van der Waals surface area contributed by atoms with E-state index >= 15 is 0 Å². The average Bonchev–Trinajstić information content (AvgIpc) is 2.75. The lowest BCUT2D eigenvalue weighted by Gasteiger charge is -2.30. The molecular weight excluding hydrogens is 264 g/mol. The molecule has 1 aromatic rings. The van der Waals surface area contributed by atoms with Gasteiger partial charge in [0.1, 0.15) is 6.54 Å². The van der Waals surface area contributed by atoms with Gasteiger partial charge in [-0.1, -0.05) is 25.6 Å². The first-order valence-corrected chi connectivity index (χ1v) is 7.46. The van der Waals surface area contributed by atoms with E-state index < -0.39 is 0 Å². The van der Waals surface area contributed by atoms with Crippen molar-refractivity contribution >= 4 is 17.7 Å². The van der Waals surface area contributed by atoms with Crippen molar-refractivity contribution in [2.75, 3.05) is 7.11 Å². The number of tetrazole rings is 1. The third kappa shape index (κ3) is 3.92. The number of ether oxygens (including phenoxy) is 1. The fourth-order valence-corrected chi connectivity index (χ4v) is 4.14. The first-order valence-electron chi connectivity index (χ1n) is 6.58. The smallest absolute Gasteiger partial charge is 0.327 e. The van der Waals surface area contributed by atoms with Gasteiger partial charge in [0.15, 0.2) is 0 Å². The normalized spacial score (nSPS) is 27.2. The number of methoxy groups -OCH3 is 1. The quantitative estimate of drug-likeness (QED) is 0.785. The van der Waals surface area contributed by atoms with Crippen LogP contribution in [-0.2, 0) is 16.1 Å². The molecule has 1 fully saturated rings. The summed E-state index contributed by atoms with van der Waals surface area (Å²) >= 11 is 1.68. The van der Waals surface area contributed by atoms with Crippen molar-refractivity contribution in [2.45, 2.75) is 50.1 Å². The Hall–Kier alpha value is -1.11. The van der Waals surface area contributed by atoms with Gasteiger partial charge >= 0.3 is 5.97 Å². The Kier molecular flexibility index (Phi) is 4.79. The van der Waals surface area contributed by atoms with Crippen LogP contribution in [0.15, 0.2) is 5.16 Å². The molecule has 1 aliphatic carbocycles. The van der Waals surface area contributed by atoms with Gasteiger partial charge in [-0.3, -0.25) is 4.79 Å². The number of thioether (sulfide) groups is 1. The van der Waals surface area contributed by atoms with E-state index in [4.69, 9.17) is 0 Å². The zero-order chi connectivity index (χ0) is 13.8. The molecule has 2 unspecified atom stereocenters. The summed E-state index contributed by atoms with van der Waals surface area (Å²) in [6, 6.07) is 0. The first-order chi connectivity index (χ1) is 9.08. The van der Waals surface area contributed by atoms with E-state index in [2.05, 4.69) is 34.1 Å². The Morgan fingerprint density at radius 1 is 1.37 bits per heavy atom. The molecule has 0 spiro atoms. The van der Waals surface area contributed by atoms with Crippen LogP contribution >= 0.6 is 11.8 Å². The maximum Gasteiger partial charge on any atom is 0.327 e. The van der Waals surface area contributed by atoms with Crippen LogP contribution in [0.4, 0.5) is 0 Å². The number of hydrogen-bond acceptors (Lipinski definition) is 6. The highest BCUT2D eigenvalue weighted by Crippen LogP contribution is 2.37. The van der Waals surface area contributed by atoms with Crippen molar-refractivity contribution in [3.8, 4) is 0 Å². The van der Waals surface area contributed by atoms with E-state index in [1.807, 2.05) is 0 Å². The van der Waals surface area contributed by atoms with Gasteiger partial charge in [0.25, 0.3) is 0 Å². The summed E-state index contributed by atoms with van der Waals surface area (Å²) in [5, 5.41) is 12.7. The molecular formula is C12H20N4O2S. The highest BCUT2D eigenvalue weighted by Gasteiger charge is 2.26. The molecule has 7 heteroatoms. The molecule has 0 radical (unpaired) electrons. The van der Waals surface area contributed by atoms with Crippen LogP contribution in [0.1, 0.15) is 33.1 Å². The Labute approximate surface area is 117 Å². The van der Waals surface area contributed by atoms with Crippen molar-refractivity contribution < 1.29 is 9.53 Å². The van der Waals surface area contributed by atoms with Crippen molar-refractivity contribution in [1.82, 2.24) is 20.2 Å². The van der Waals surface area contributed by atoms with E-state index in [1.165, 1.54) is 31.1 Å². The van der Waals surface area contributed by atoms with Gasteiger partial charge in [-0.05, 0) is 41.5 Å². The lowest BCUT2D eigenvalue weighted by Crippen LogP contribution is -2.22. The summed E-state index contributed by atoms with van der Waals surface area (Å²) in [7, 11) is 1.37. The van der Waals surface area contributed by atoms with Gasteiger partial charge in [-0.2, -0.15) is 0 Å². The molecule has 0 amide bonds. The van der Waals surface area contributed by atoms with Gasteiger partial charge < -0.3 is 4.74 Å². The van der Waals surface area contributed by atoms with E-state index in [1.54, 1.807) is 11.8 Å². The number of hydrogen-bond donors (Lipinski definition) is 0. The molecule has 1 heterocycles. The zero-order valence-corrected chi connectivity index (χ0v) is 12.4. The van der Waals surface area contributed by atoms with Gasteiger partial charge in [0.05, 0.1) is 7.11 Å². The standard InChI is InChI=1S/C12H20N4O2S/c1-8-4-9(2)6-10(5-8)19-12-13-14-15-16(12)7-11(17)18-3/h8-10H,4-7H2,1-3H3. The fourth-order valence-electron chi connectivity index (χ4n) is 2.69. The molecule has 0 saturated heterocycles. The molecule has 106 valence electrons. The Bertz CT molecular complexity index is 427. The second kappa shape index (κ2) is 6.36. The minimum atomic E-state index is -0.334. The largest absolute Gasteiger partial charge is 0.468 e. The summed E-state index contributed by atoms with van der Waals surface area (Å²) in [5.74, 6) is 1.15. The van der Waals surface area contributed by atoms with Crippen LogP contribution in [0, 0.1) is 11.8 Å². The Balaban J connectivity index is 1.99. The SMILES string of the molecule is COC(=O)Cn1nnnc1SC1CC(C)CC(C)C1. The Morgan fingerprint density at radius 3 is 2.68 bits per heavy atom. The highest BCUT2D eigenvalue weighted by molar-refractivity contribution is 7.99. The monoisotopic (exact) mass is 284 g/mol. The minimum Gasteiger partial charge on any atom is -0.468 e. The molecule has 0 aromatic carbocycles. The molecule has 19 heavy (non-hydrogen) atoms. The molecule has 1 aliphatic rings. The van der Waals surface area contributed by atoms with Gasteiger partial charge in [0, 0.05) is 5.25 Å². The third-order valence-electron chi connectivity index (χ3n) is 3.41. The van der Waals surface area contributed by atoms with Crippen LogP contribution in [0.25, 0.3) is 0 Å². The second-order valence-electron chi connectivity index (χ2n) is 5.35. The third-order valence-corrected chi connectivity index (χ3v) is 4.63. The summed E-state index contributed by atoms with van der Waals surface area (Å²) in [4.78, 5) is 11.3. The predicted octanol–water partition coefficient (Wildman–Crippen LogP) is 1.76. The molecule has 2 rings (SSSR count). The van der Waals surface area contributed by atoms with Crippen LogP contribution in [0.5, 0.6) is 0 Å². The number of esters is 1. The second-order valence-corrected chi connectivity index (χ2v) is 6.62. The number of rotatable bonds is 4. The highest BCUT2D eigenvalue weighted by atomic mass is 32.2. The van der Waals surface area contributed by atoms with Crippen LogP contribution < -0.4 is 0 Å². The summed E-state index contributed by atoms with van der Waals surface area (Å²) < 4.78 is 6.15.